The van der Waals surface area contributed by atoms with Gasteiger partial charge in [-0.2, -0.15) is 0 Å². The molecular weight excluding hydrogens is 78.0 g/mol. The van der Waals surface area contributed by atoms with Crippen LogP contribution in [0.15, 0.2) is 0 Å². The molecule has 0 aliphatic carbocycles. The van der Waals surface area contributed by atoms with E-state index in [1.807, 2.05) is 6.92 Å². The Hall–Kier alpha value is -0.0800. The van der Waals surface area contributed by atoms with E-state index < -0.39 is 0 Å². The van der Waals surface area contributed by atoms with Crippen molar-refractivity contribution in [2.24, 2.45) is 0 Å². The van der Waals surface area contributed by atoms with Crippen molar-refractivity contribution in [3.05, 3.63) is 0 Å². The molecule has 0 saturated heterocycles. The average molecular weight is 90.1 g/mol. The molecule has 0 aromatic heterocycles. The number of hydrogen-bond acceptors (Lipinski definition) is 1. The normalized spacial score (nSPS) is 14.5. The van der Waals surface area contributed by atoms with Crippen molar-refractivity contribution in [3.63, 3.8) is 0 Å². The average Bonchev–Trinajstić information content (AvgIpc) is 1.35. The van der Waals surface area contributed by atoms with Crippen molar-refractivity contribution in [2.45, 2.75) is 13.0 Å². The Balaban J connectivity index is 2.63. The minimum absolute atomic E-state index is 0.426. The topological polar surface area (TPSA) is 36.9 Å². The lowest BCUT2D eigenvalue weighted by Gasteiger charge is -1.95. The zero-order chi connectivity index (χ0) is 4.99. The summed E-state index contributed by atoms with van der Waals surface area (Å²) in [6.07, 6.45) is 0. The highest BCUT2D eigenvalue weighted by atomic mass is 16.5. The second-order valence-electron chi connectivity index (χ2n) is 1.56. The van der Waals surface area contributed by atoms with E-state index in [1.165, 1.54) is 0 Å². The van der Waals surface area contributed by atoms with Crippen molar-refractivity contribution < 1.29 is 10.5 Å². The van der Waals surface area contributed by atoms with Crippen LogP contribution in [0.25, 0.3) is 0 Å². The van der Waals surface area contributed by atoms with Crippen LogP contribution in [0, 0.1) is 0 Å². The standard InChI is InChI=1S/C4H11NO/c1-4(5)3-6-2/h4H,3,5H2,1-2H3/p+1. The first kappa shape index (κ1) is 5.92. The van der Waals surface area contributed by atoms with Crippen LogP contribution in [0.2, 0.25) is 0 Å². The quantitative estimate of drug-likeness (QED) is 0.476. The highest BCUT2D eigenvalue weighted by molar-refractivity contribution is 4.34. The van der Waals surface area contributed by atoms with Gasteiger partial charge in [-0.3, -0.25) is 0 Å². The number of ether oxygens (including phenoxy) is 1. The molecule has 0 fully saturated rings. The SMILES string of the molecule is COCC(C)[NH3+]. The van der Waals surface area contributed by atoms with E-state index >= 15 is 0 Å². The number of rotatable bonds is 2. The lowest BCUT2D eigenvalue weighted by atomic mass is 10.4. The van der Waals surface area contributed by atoms with Gasteiger partial charge < -0.3 is 10.5 Å². The highest BCUT2D eigenvalue weighted by Gasteiger charge is 1.90. The second kappa shape index (κ2) is 3.12. The van der Waals surface area contributed by atoms with E-state index in [1.54, 1.807) is 7.11 Å². The summed E-state index contributed by atoms with van der Waals surface area (Å²) in [5.41, 5.74) is 3.70. The van der Waals surface area contributed by atoms with Gasteiger partial charge in [0.2, 0.25) is 0 Å². The molecule has 0 aromatic carbocycles. The van der Waals surface area contributed by atoms with E-state index in [-0.39, 0.29) is 0 Å². The molecule has 0 bridgehead atoms. The molecule has 3 N–H and O–H groups in total. The summed E-state index contributed by atoms with van der Waals surface area (Å²) in [6.45, 7) is 2.78. The van der Waals surface area contributed by atoms with Crippen molar-refractivity contribution in [3.8, 4) is 0 Å². The minimum Gasteiger partial charge on any atom is -0.379 e. The smallest absolute Gasteiger partial charge is 0.105 e. The Kier molecular flexibility index (Phi) is 3.08. The molecule has 0 saturated carbocycles. The number of methoxy groups -OCH3 is 1. The maximum atomic E-state index is 4.74. The third kappa shape index (κ3) is 3.92. The van der Waals surface area contributed by atoms with Gasteiger partial charge >= 0.3 is 0 Å². The molecule has 2 heteroatoms. The van der Waals surface area contributed by atoms with Crippen LogP contribution >= 0.6 is 0 Å². The monoisotopic (exact) mass is 90.1 g/mol. The van der Waals surface area contributed by atoms with Gasteiger partial charge in [-0.25, -0.2) is 0 Å². The fourth-order valence-corrected chi connectivity index (χ4v) is 0.285. The number of quaternary nitrogens is 1. The van der Waals surface area contributed by atoms with Crippen molar-refractivity contribution in [1.29, 1.82) is 0 Å². The summed E-state index contributed by atoms with van der Waals surface area (Å²) >= 11 is 0. The predicted octanol–water partition coefficient (Wildman–Crippen LogP) is -0.737. The molecule has 0 aliphatic rings. The second-order valence-corrected chi connectivity index (χ2v) is 1.56. The third-order valence-corrected chi connectivity index (χ3v) is 0.451. The molecule has 0 aliphatic heterocycles. The Bertz CT molecular complexity index is 28.7. The van der Waals surface area contributed by atoms with Crippen LogP contribution in [0.1, 0.15) is 6.92 Å². The van der Waals surface area contributed by atoms with Crippen LogP contribution in [0.5, 0.6) is 0 Å². The van der Waals surface area contributed by atoms with Crippen LogP contribution in [-0.4, -0.2) is 19.8 Å². The molecule has 2 nitrogen and oxygen atoms in total. The summed E-state index contributed by atoms with van der Waals surface area (Å²) < 4.78 is 4.74. The van der Waals surface area contributed by atoms with E-state index in [0.717, 1.165) is 6.61 Å². The third-order valence-electron chi connectivity index (χ3n) is 0.451. The van der Waals surface area contributed by atoms with Gasteiger partial charge in [-0.1, -0.05) is 0 Å². The molecule has 0 amide bonds. The molecule has 0 heterocycles. The van der Waals surface area contributed by atoms with Gasteiger partial charge in [0.05, 0.1) is 6.61 Å². The van der Waals surface area contributed by atoms with Crippen molar-refractivity contribution in [1.82, 2.24) is 0 Å². The zero-order valence-electron chi connectivity index (χ0n) is 4.40. The summed E-state index contributed by atoms with van der Waals surface area (Å²) in [7, 11) is 1.68. The molecule has 1 atom stereocenters. The zero-order valence-corrected chi connectivity index (χ0v) is 4.40. The maximum absolute atomic E-state index is 4.74. The predicted molar refractivity (Wildman–Crippen MR) is 24.2 cm³/mol. The first-order chi connectivity index (χ1) is 2.77. The molecular formula is C4H12NO+. The van der Waals surface area contributed by atoms with Crippen molar-refractivity contribution in [2.75, 3.05) is 13.7 Å². The molecule has 38 valence electrons. The summed E-state index contributed by atoms with van der Waals surface area (Å²) in [5.74, 6) is 0. The number of hydrogen-bond donors (Lipinski definition) is 1. The molecule has 0 aromatic rings. The Morgan fingerprint density at radius 2 is 2.33 bits per heavy atom. The van der Waals surface area contributed by atoms with Gasteiger partial charge in [0.1, 0.15) is 6.04 Å². The molecule has 6 heavy (non-hydrogen) atoms. The van der Waals surface area contributed by atoms with Gasteiger partial charge in [-0.15, -0.1) is 0 Å². The Labute approximate surface area is 38.3 Å². The summed E-state index contributed by atoms with van der Waals surface area (Å²) in [4.78, 5) is 0. The Morgan fingerprint density at radius 1 is 1.83 bits per heavy atom. The van der Waals surface area contributed by atoms with Gasteiger partial charge in [0, 0.05) is 7.11 Å². The van der Waals surface area contributed by atoms with Crippen LogP contribution in [0.4, 0.5) is 0 Å². The largest absolute Gasteiger partial charge is 0.379 e. The maximum Gasteiger partial charge on any atom is 0.105 e. The first-order valence-corrected chi connectivity index (χ1v) is 2.09. The Morgan fingerprint density at radius 3 is 2.33 bits per heavy atom. The summed E-state index contributed by atoms with van der Waals surface area (Å²) in [5, 5.41) is 0. The van der Waals surface area contributed by atoms with Gasteiger partial charge in [0.15, 0.2) is 0 Å². The first-order valence-electron chi connectivity index (χ1n) is 2.09. The van der Waals surface area contributed by atoms with E-state index in [2.05, 4.69) is 5.73 Å². The van der Waals surface area contributed by atoms with E-state index in [4.69, 9.17) is 4.74 Å². The van der Waals surface area contributed by atoms with E-state index in [0.29, 0.717) is 6.04 Å². The summed E-state index contributed by atoms with van der Waals surface area (Å²) in [6, 6.07) is 0.426. The fourth-order valence-electron chi connectivity index (χ4n) is 0.285. The minimum atomic E-state index is 0.426. The van der Waals surface area contributed by atoms with Gasteiger partial charge in [0.25, 0.3) is 0 Å². The fraction of sp³-hybridized carbons (Fsp3) is 1.00. The molecule has 1 unspecified atom stereocenters. The lowest BCUT2D eigenvalue weighted by Crippen LogP contribution is -2.61. The molecule has 0 spiro atoms. The lowest BCUT2D eigenvalue weighted by molar-refractivity contribution is -0.420. The highest BCUT2D eigenvalue weighted by Crippen LogP contribution is 1.68. The van der Waals surface area contributed by atoms with Crippen LogP contribution in [-0.2, 0) is 4.74 Å². The van der Waals surface area contributed by atoms with E-state index in [9.17, 15) is 0 Å². The van der Waals surface area contributed by atoms with Crippen molar-refractivity contribution >= 4 is 0 Å². The molecule has 0 rings (SSSR count). The molecule has 0 radical (unpaired) electrons. The van der Waals surface area contributed by atoms with Gasteiger partial charge in [-0.05, 0) is 6.92 Å². The van der Waals surface area contributed by atoms with Crippen LogP contribution in [0.3, 0.4) is 0 Å². The van der Waals surface area contributed by atoms with Crippen LogP contribution < -0.4 is 5.73 Å².